The Morgan fingerprint density at radius 1 is 1.44 bits per heavy atom. The number of amides is 2. The molecule has 0 aliphatic carbocycles. The molecule has 92 valence electrons. The summed E-state index contributed by atoms with van der Waals surface area (Å²) < 4.78 is 0. The van der Waals surface area contributed by atoms with E-state index in [0.29, 0.717) is 25.9 Å². The Hall–Kier alpha value is -1.10. The second-order valence-corrected chi connectivity index (χ2v) is 4.55. The van der Waals surface area contributed by atoms with Crippen LogP contribution in [0.25, 0.3) is 0 Å². The largest absolute Gasteiger partial charge is 0.368 e. The van der Waals surface area contributed by atoms with Crippen LogP contribution in [-0.2, 0) is 9.59 Å². The number of piperidine rings is 1. The van der Waals surface area contributed by atoms with Crippen molar-refractivity contribution in [2.24, 2.45) is 17.4 Å². The van der Waals surface area contributed by atoms with Crippen LogP contribution in [0.2, 0.25) is 0 Å². The third-order valence-corrected chi connectivity index (χ3v) is 3.08. The number of rotatable bonds is 4. The molecular formula is C11H21N3O2. The molecule has 16 heavy (non-hydrogen) atoms. The van der Waals surface area contributed by atoms with E-state index in [4.69, 9.17) is 11.5 Å². The molecule has 1 fully saturated rings. The van der Waals surface area contributed by atoms with Crippen molar-refractivity contribution in [1.29, 1.82) is 0 Å². The maximum Gasteiger partial charge on any atom is 0.240 e. The molecule has 0 aromatic carbocycles. The number of likely N-dealkylation sites (tertiary alicyclic amines) is 1. The number of primary amides is 1. The third kappa shape index (κ3) is 3.20. The number of nitrogens with two attached hydrogens (primary N) is 2. The van der Waals surface area contributed by atoms with Crippen LogP contribution in [0.5, 0.6) is 0 Å². The zero-order chi connectivity index (χ0) is 12.1. The monoisotopic (exact) mass is 227 g/mol. The fourth-order valence-corrected chi connectivity index (χ4v) is 2.02. The quantitative estimate of drug-likeness (QED) is 0.699. The Balaban J connectivity index is 2.60. The van der Waals surface area contributed by atoms with Gasteiger partial charge in [-0.3, -0.25) is 9.59 Å². The van der Waals surface area contributed by atoms with Crippen molar-refractivity contribution in [2.75, 3.05) is 13.1 Å². The van der Waals surface area contributed by atoms with Crippen LogP contribution in [0.15, 0.2) is 0 Å². The molecule has 5 heteroatoms. The van der Waals surface area contributed by atoms with Crippen LogP contribution in [0.1, 0.15) is 32.6 Å². The van der Waals surface area contributed by atoms with Crippen molar-refractivity contribution in [3.63, 3.8) is 0 Å². The summed E-state index contributed by atoms with van der Waals surface area (Å²) in [5.74, 6) is -0.238. The van der Waals surface area contributed by atoms with Crippen molar-refractivity contribution in [3.05, 3.63) is 0 Å². The number of carbonyl (C=O) groups is 2. The highest BCUT2D eigenvalue weighted by Crippen LogP contribution is 2.18. The zero-order valence-corrected chi connectivity index (χ0v) is 9.82. The van der Waals surface area contributed by atoms with Crippen LogP contribution < -0.4 is 11.5 Å². The highest BCUT2D eigenvalue weighted by atomic mass is 16.2. The minimum absolute atomic E-state index is 0.00134. The maximum atomic E-state index is 11.9. The number of nitrogens with zero attached hydrogens (tertiary/aromatic N) is 1. The van der Waals surface area contributed by atoms with Crippen molar-refractivity contribution in [1.82, 2.24) is 4.90 Å². The van der Waals surface area contributed by atoms with Gasteiger partial charge in [0.2, 0.25) is 11.8 Å². The van der Waals surface area contributed by atoms with Crippen LogP contribution in [0, 0.1) is 5.92 Å². The maximum absolute atomic E-state index is 11.9. The van der Waals surface area contributed by atoms with Gasteiger partial charge in [-0.1, -0.05) is 6.92 Å². The molecule has 2 atom stereocenters. The summed E-state index contributed by atoms with van der Waals surface area (Å²) in [6, 6.07) is -0.411. The van der Waals surface area contributed by atoms with E-state index in [0.717, 1.165) is 12.8 Å². The standard InChI is InChI=1S/C11H21N3O2/c1-8(7-12)6-10(15)14-5-3-2-4-9(14)11(13)16/h8-9H,2-7,12H2,1H3,(H2,13,16). The fraction of sp³-hybridized carbons (Fsp3) is 0.818. The molecular weight excluding hydrogens is 206 g/mol. The summed E-state index contributed by atoms with van der Waals surface area (Å²) in [6.45, 7) is 3.06. The van der Waals surface area contributed by atoms with Gasteiger partial charge in [-0.25, -0.2) is 0 Å². The summed E-state index contributed by atoms with van der Waals surface area (Å²) in [5.41, 5.74) is 10.8. The average Bonchev–Trinajstić information content (AvgIpc) is 2.28. The van der Waals surface area contributed by atoms with Gasteiger partial charge in [0, 0.05) is 13.0 Å². The topological polar surface area (TPSA) is 89.4 Å². The molecule has 2 amide bonds. The van der Waals surface area contributed by atoms with Crippen LogP contribution >= 0.6 is 0 Å². The fourth-order valence-electron chi connectivity index (χ4n) is 2.02. The van der Waals surface area contributed by atoms with E-state index in [1.165, 1.54) is 0 Å². The normalized spacial score (nSPS) is 22.9. The lowest BCUT2D eigenvalue weighted by atomic mass is 9.99. The average molecular weight is 227 g/mol. The molecule has 0 aromatic rings. The summed E-state index contributed by atoms with van der Waals surface area (Å²) in [5, 5.41) is 0. The first-order valence-corrected chi connectivity index (χ1v) is 5.85. The summed E-state index contributed by atoms with van der Waals surface area (Å²) in [6.07, 6.45) is 3.01. The Kier molecular flexibility index (Phi) is 4.73. The lowest BCUT2D eigenvalue weighted by Crippen LogP contribution is -2.50. The minimum atomic E-state index is -0.411. The van der Waals surface area contributed by atoms with Crippen molar-refractivity contribution in [3.8, 4) is 0 Å². The van der Waals surface area contributed by atoms with Gasteiger partial charge >= 0.3 is 0 Å². The molecule has 2 unspecified atom stereocenters. The SMILES string of the molecule is CC(CN)CC(=O)N1CCCCC1C(N)=O. The highest BCUT2D eigenvalue weighted by Gasteiger charge is 2.30. The van der Waals surface area contributed by atoms with E-state index in [-0.39, 0.29) is 11.8 Å². The van der Waals surface area contributed by atoms with E-state index in [1.54, 1.807) is 4.90 Å². The van der Waals surface area contributed by atoms with Crippen molar-refractivity contribution >= 4 is 11.8 Å². The van der Waals surface area contributed by atoms with Gasteiger partial charge in [0.1, 0.15) is 6.04 Å². The Labute approximate surface area is 96.1 Å². The van der Waals surface area contributed by atoms with Gasteiger partial charge < -0.3 is 16.4 Å². The van der Waals surface area contributed by atoms with Gasteiger partial charge in [0.25, 0.3) is 0 Å². The summed E-state index contributed by atoms with van der Waals surface area (Å²) >= 11 is 0. The number of carbonyl (C=O) groups excluding carboxylic acids is 2. The summed E-state index contributed by atoms with van der Waals surface area (Å²) in [4.78, 5) is 24.8. The Bertz CT molecular complexity index is 268. The van der Waals surface area contributed by atoms with Crippen molar-refractivity contribution in [2.45, 2.75) is 38.6 Å². The van der Waals surface area contributed by atoms with E-state index in [9.17, 15) is 9.59 Å². The van der Waals surface area contributed by atoms with Gasteiger partial charge in [-0.15, -0.1) is 0 Å². The molecule has 1 saturated heterocycles. The summed E-state index contributed by atoms with van der Waals surface area (Å²) in [7, 11) is 0. The highest BCUT2D eigenvalue weighted by molar-refractivity contribution is 5.86. The first kappa shape index (κ1) is 13.0. The van der Waals surface area contributed by atoms with Crippen LogP contribution in [-0.4, -0.2) is 35.8 Å². The predicted octanol–water partition coefficient (Wildman–Crippen LogP) is -0.162. The van der Waals surface area contributed by atoms with Gasteiger partial charge in [0.15, 0.2) is 0 Å². The first-order chi connectivity index (χ1) is 7.56. The lowest BCUT2D eigenvalue weighted by Gasteiger charge is -2.34. The molecule has 0 spiro atoms. The molecule has 5 nitrogen and oxygen atoms in total. The van der Waals surface area contributed by atoms with E-state index in [2.05, 4.69) is 0 Å². The van der Waals surface area contributed by atoms with Crippen molar-refractivity contribution < 1.29 is 9.59 Å². The molecule has 1 heterocycles. The molecule has 1 aliphatic heterocycles. The second kappa shape index (κ2) is 5.84. The predicted molar refractivity (Wildman–Crippen MR) is 61.4 cm³/mol. The van der Waals surface area contributed by atoms with Gasteiger partial charge in [-0.2, -0.15) is 0 Å². The molecule has 0 saturated carbocycles. The third-order valence-electron chi connectivity index (χ3n) is 3.08. The molecule has 0 aromatic heterocycles. The second-order valence-electron chi connectivity index (χ2n) is 4.55. The van der Waals surface area contributed by atoms with E-state index < -0.39 is 11.9 Å². The van der Waals surface area contributed by atoms with Gasteiger partial charge in [0.05, 0.1) is 0 Å². The zero-order valence-electron chi connectivity index (χ0n) is 9.82. The van der Waals surface area contributed by atoms with E-state index in [1.807, 2.05) is 6.92 Å². The van der Waals surface area contributed by atoms with Crippen LogP contribution in [0.3, 0.4) is 0 Å². The lowest BCUT2D eigenvalue weighted by molar-refractivity contribution is -0.141. The Morgan fingerprint density at radius 3 is 2.69 bits per heavy atom. The molecule has 0 radical (unpaired) electrons. The molecule has 0 bridgehead atoms. The molecule has 1 rings (SSSR count). The number of hydrogen-bond acceptors (Lipinski definition) is 3. The number of hydrogen-bond donors (Lipinski definition) is 2. The van der Waals surface area contributed by atoms with E-state index >= 15 is 0 Å². The first-order valence-electron chi connectivity index (χ1n) is 5.85. The molecule has 4 N–H and O–H groups in total. The van der Waals surface area contributed by atoms with Gasteiger partial charge in [-0.05, 0) is 31.7 Å². The smallest absolute Gasteiger partial charge is 0.240 e. The Morgan fingerprint density at radius 2 is 2.12 bits per heavy atom. The molecule has 1 aliphatic rings. The minimum Gasteiger partial charge on any atom is -0.368 e. The van der Waals surface area contributed by atoms with Crippen LogP contribution in [0.4, 0.5) is 0 Å².